The number of nitrogens with one attached hydrogen (secondary N) is 1. The molecule has 0 radical (unpaired) electrons. The molecule has 0 spiro atoms. The lowest BCUT2D eigenvalue weighted by Crippen LogP contribution is -2.39. The lowest BCUT2D eigenvalue weighted by atomic mass is 9.87. The van der Waals surface area contributed by atoms with Gasteiger partial charge in [-0.25, -0.2) is 0 Å². The third-order valence-electron chi connectivity index (χ3n) is 4.93. The number of hydrogen-bond acceptors (Lipinski definition) is 2. The average Bonchev–Trinajstić information content (AvgIpc) is 2.63. The molecule has 1 saturated carbocycles. The summed E-state index contributed by atoms with van der Waals surface area (Å²) in [6, 6.07) is 18.0. The summed E-state index contributed by atoms with van der Waals surface area (Å²) in [5, 5.41) is 13.4. The van der Waals surface area contributed by atoms with E-state index in [2.05, 4.69) is 17.4 Å². The molecule has 2 aromatic rings. The number of aliphatic hydroxyl groups is 1. The molecule has 4 heteroatoms. The number of rotatable bonds is 5. The Hall–Kier alpha value is -1.84. The Kier molecular flexibility index (Phi) is 6.11. The highest BCUT2D eigenvalue weighted by Gasteiger charge is 2.23. The normalized spacial score (nSPS) is 21.5. The van der Waals surface area contributed by atoms with Crippen LogP contribution in [0.4, 0.5) is 0 Å². The second kappa shape index (κ2) is 8.50. The molecule has 0 aliphatic heterocycles. The Morgan fingerprint density at radius 3 is 2.24 bits per heavy atom. The number of halogens is 1. The molecule has 1 atom stereocenters. The van der Waals surface area contributed by atoms with E-state index >= 15 is 0 Å². The van der Waals surface area contributed by atoms with Gasteiger partial charge in [0.1, 0.15) is 0 Å². The van der Waals surface area contributed by atoms with E-state index in [0.717, 1.165) is 36.8 Å². The van der Waals surface area contributed by atoms with Gasteiger partial charge in [-0.05, 0) is 48.9 Å². The van der Waals surface area contributed by atoms with Crippen molar-refractivity contribution in [2.45, 2.75) is 50.2 Å². The van der Waals surface area contributed by atoms with E-state index < -0.39 is 0 Å². The van der Waals surface area contributed by atoms with Crippen LogP contribution in [0.15, 0.2) is 54.6 Å². The first-order valence-corrected chi connectivity index (χ1v) is 9.27. The van der Waals surface area contributed by atoms with E-state index in [4.69, 9.17) is 11.6 Å². The number of carbonyl (C=O) groups is 1. The summed E-state index contributed by atoms with van der Waals surface area (Å²) in [7, 11) is 0. The second-order valence-corrected chi connectivity index (χ2v) is 7.23. The van der Waals surface area contributed by atoms with Crippen LogP contribution < -0.4 is 5.32 Å². The van der Waals surface area contributed by atoms with E-state index in [1.807, 2.05) is 42.5 Å². The zero-order valence-corrected chi connectivity index (χ0v) is 15.0. The molecule has 0 heterocycles. The van der Waals surface area contributed by atoms with Crippen molar-refractivity contribution >= 4 is 17.5 Å². The van der Waals surface area contributed by atoms with Gasteiger partial charge in [0.2, 0.25) is 5.91 Å². The average molecular weight is 358 g/mol. The van der Waals surface area contributed by atoms with Crippen molar-refractivity contribution in [2.24, 2.45) is 0 Å². The van der Waals surface area contributed by atoms with Crippen LogP contribution in [0, 0.1) is 0 Å². The molecule has 2 aromatic carbocycles. The number of hydrogen-bond donors (Lipinski definition) is 2. The highest BCUT2D eigenvalue weighted by molar-refractivity contribution is 6.30. The first-order valence-electron chi connectivity index (χ1n) is 8.89. The van der Waals surface area contributed by atoms with Crippen LogP contribution in [0.5, 0.6) is 0 Å². The van der Waals surface area contributed by atoms with Crippen molar-refractivity contribution in [3.63, 3.8) is 0 Å². The quantitative estimate of drug-likeness (QED) is 0.839. The molecule has 0 aromatic heterocycles. The first kappa shape index (κ1) is 18.0. The molecule has 1 fully saturated rings. The van der Waals surface area contributed by atoms with Gasteiger partial charge in [-0.15, -0.1) is 0 Å². The monoisotopic (exact) mass is 357 g/mol. The summed E-state index contributed by atoms with van der Waals surface area (Å²) in [4.78, 5) is 12.6. The molecule has 1 aliphatic rings. The summed E-state index contributed by atoms with van der Waals surface area (Å²) in [6.07, 6.45) is 3.44. The summed E-state index contributed by atoms with van der Waals surface area (Å²) in [5.41, 5.74) is 2.21. The first-order chi connectivity index (χ1) is 12.1. The van der Waals surface area contributed by atoms with E-state index in [0.29, 0.717) is 11.4 Å². The Labute approximate surface area is 154 Å². The summed E-state index contributed by atoms with van der Waals surface area (Å²) in [5.74, 6) is 0.0674. The van der Waals surface area contributed by atoms with Crippen LogP contribution >= 0.6 is 11.6 Å². The highest BCUT2D eigenvalue weighted by atomic mass is 35.5. The minimum absolute atomic E-state index is 0.00708. The number of carbonyl (C=O) groups excluding carboxylic acids is 1. The smallest absolute Gasteiger partial charge is 0.221 e. The van der Waals surface area contributed by atoms with Crippen molar-refractivity contribution in [1.82, 2.24) is 5.32 Å². The maximum Gasteiger partial charge on any atom is 0.221 e. The summed E-state index contributed by atoms with van der Waals surface area (Å²) >= 11 is 6.01. The number of amides is 1. The molecule has 2 N–H and O–H groups in total. The fourth-order valence-electron chi connectivity index (χ4n) is 3.50. The molecule has 132 valence electrons. The van der Waals surface area contributed by atoms with Crippen molar-refractivity contribution < 1.29 is 9.90 Å². The Bertz CT molecular complexity index is 679. The van der Waals surface area contributed by atoms with Gasteiger partial charge in [-0.3, -0.25) is 4.79 Å². The van der Waals surface area contributed by atoms with Crippen molar-refractivity contribution in [3.8, 4) is 0 Å². The van der Waals surface area contributed by atoms with Crippen LogP contribution in [0.1, 0.15) is 49.1 Å². The molecular weight excluding hydrogens is 334 g/mol. The zero-order valence-electron chi connectivity index (χ0n) is 14.2. The molecule has 0 saturated heterocycles. The molecule has 0 bridgehead atoms. The molecule has 25 heavy (non-hydrogen) atoms. The summed E-state index contributed by atoms with van der Waals surface area (Å²) < 4.78 is 0. The molecule has 0 unspecified atom stereocenters. The van der Waals surface area contributed by atoms with Gasteiger partial charge in [0.05, 0.1) is 6.10 Å². The molecule has 1 amide bonds. The van der Waals surface area contributed by atoms with Crippen LogP contribution in [0.2, 0.25) is 5.02 Å². The van der Waals surface area contributed by atoms with Gasteiger partial charge >= 0.3 is 0 Å². The van der Waals surface area contributed by atoms with E-state index in [-0.39, 0.29) is 24.0 Å². The Balaban J connectivity index is 1.71. The lowest BCUT2D eigenvalue weighted by Gasteiger charge is -2.27. The number of aliphatic hydroxyl groups excluding tert-OH is 1. The van der Waals surface area contributed by atoms with Gasteiger partial charge < -0.3 is 10.4 Å². The van der Waals surface area contributed by atoms with Crippen LogP contribution in [-0.4, -0.2) is 23.2 Å². The Morgan fingerprint density at radius 1 is 1.00 bits per heavy atom. The van der Waals surface area contributed by atoms with Gasteiger partial charge in [-0.1, -0.05) is 54.1 Å². The zero-order chi connectivity index (χ0) is 17.6. The number of benzene rings is 2. The van der Waals surface area contributed by atoms with Crippen molar-refractivity contribution in [2.75, 3.05) is 0 Å². The lowest BCUT2D eigenvalue weighted by molar-refractivity contribution is -0.122. The van der Waals surface area contributed by atoms with E-state index in [1.165, 1.54) is 0 Å². The van der Waals surface area contributed by atoms with E-state index in [9.17, 15) is 9.90 Å². The standard InChI is InChI=1S/C21H24ClNO2/c22-17-8-6-16(7-9-17)20(15-4-2-1-3-5-15)14-21(25)23-18-10-12-19(24)13-11-18/h1-9,18-20,24H,10-14H2,(H,23,25)/t18?,19?,20-/m1/s1. The fourth-order valence-corrected chi connectivity index (χ4v) is 3.63. The maximum absolute atomic E-state index is 12.6. The molecule has 1 aliphatic carbocycles. The predicted molar refractivity (Wildman–Crippen MR) is 101 cm³/mol. The maximum atomic E-state index is 12.6. The Morgan fingerprint density at radius 2 is 1.60 bits per heavy atom. The SMILES string of the molecule is O=C(C[C@H](c1ccccc1)c1ccc(Cl)cc1)NC1CCC(O)CC1. The molecular formula is C21H24ClNO2. The summed E-state index contributed by atoms with van der Waals surface area (Å²) in [6.45, 7) is 0. The van der Waals surface area contributed by atoms with Crippen molar-refractivity contribution in [3.05, 3.63) is 70.7 Å². The van der Waals surface area contributed by atoms with Gasteiger partial charge in [0.15, 0.2) is 0 Å². The van der Waals surface area contributed by atoms with Gasteiger partial charge in [-0.2, -0.15) is 0 Å². The van der Waals surface area contributed by atoms with E-state index in [1.54, 1.807) is 0 Å². The minimum atomic E-state index is -0.209. The third kappa shape index (κ3) is 5.07. The van der Waals surface area contributed by atoms with Crippen LogP contribution in [0.25, 0.3) is 0 Å². The van der Waals surface area contributed by atoms with Gasteiger partial charge in [0.25, 0.3) is 0 Å². The van der Waals surface area contributed by atoms with Gasteiger partial charge in [0, 0.05) is 23.4 Å². The highest BCUT2D eigenvalue weighted by Crippen LogP contribution is 2.29. The largest absolute Gasteiger partial charge is 0.393 e. The minimum Gasteiger partial charge on any atom is -0.393 e. The van der Waals surface area contributed by atoms with Crippen LogP contribution in [-0.2, 0) is 4.79 Å². The molecule has 3 rings (SSSR count). The second-order valence-electron chi connectivity index (χ2n) is 6.79. The fraction of sp³-hybridized carbons (Fsp3) is 0.381. The van der Waals surface area contributed by atoms with Crippen molar-refractivity contribution in [1.29, 1.82) is 0 Å². The predicted octanol–water partition coefficient (Wildman–Crippen LogP) is 4.28. The third-order valence-corrected chi connectivity index (χ3v) is 5.18. The molecule has 3 nitrogen and oxygen atoms in total. The van der Waals surface area contributed by atoms with Crippen LogP contribution in [0.3, 0.4) is 0 Å². The topological polar surface area (TPSA) is 49.3 Å².